The van der Waals surface area contributed by atoms with E-state index in [9.17, 15) is 13.2 Å². The van der Waals surface area contributed by atoms with Crippen LogP contribution in [0.2, 0.25) is 0 Å². The Hall–Kier alpha value is -1.31. The minimum atomic E-state index is -4.35. The van der Waals surface area contributed by atoms with Crippen LogP contribution < -0.4 is 11.1 Å². The number of nitrogens with one attached hydrogen (secondary N) is 1. The summed E-state index contributed by atoms with van der Waals surface area (Å²) < 4.78 is 30.4. The van der Waals surface area contributed by atoms with E-state index >= 15 is 0 Å². The number of nitrogens with two attached hydrogens (primary N) is 1. The Labute approximate surface area is 97.1 Å². The molecule has 0 atom stereocenters. The molecule has 0 unspecified atom stereocenters. The molecule has 1 aromatic rings. The summed E-state index contributed by atoms with van der Waals surface area (Å²) >= 11 is 5.27. The van der Waals surface area contributed by atoms with E-state index in [1.54, 1.807) is 0 Å². The zero-order valence-corrected chi connectivity index (χ0v) is 9.55. The molecular weight excluding hydrogens is 256 g/mol. The van der Waals surface area contributed by atoms with Crippen LogP contribution in [0.25, 0.3) is 0 Å². The summed E-state index contributed by atoms with van der Waals surface area (Å²) in [5, 5.41) is 2.38. The molecule has 88 valence electrons. The Bertz CT molecular complexity index is 515. The molecule has 1 amide bonds. The molecule has 4 N–H and O–H groups in total. The van der Waals surface area contributed by atoms with Gasteiger partial charge in [0.25, 0.3) is 10.1 Å². The van der Waals surface area contributed by atoms with E-state index in [2.05, 4.69) is 5.32 Å². The van der Waals surface area contributed by atoms with Gasteiger partial charge in [0, 0.05) is 5.69 Å². The van der Waals surface area contributed by atoms with Crippen LogP contribution in [0.4, 0.5) is 11.4 Å². The average molecular weight is 265 g/mol. The van der Waals surface area contributed by atoms with Crippen LogP contribution in [0.3, 0.4) is 0 Å². The molecule has 8 heteroatoms. The molecule has 0 aliphatic carbocycles. The summed E-state index contributed by atoms with van der Waals surface area (Å²) in [4.78, 5) is 10.5. The first-order valence-corrected chi connectivity index (χ1v) is 6.05. The molecule has 6 nitrogen and oxygen atoms in total. The minimum absolute atomic E-state index is 0.158. The number of rotatable bonds is 3. The molecule has 0 bridgehead atoms. The number of nitrogen functional groups attached to an aromatic ring is 1. The normalized spacial score (nSPS) is 11.1. The van der Waals surface area contributed by atoms with Crippen molar-refractivity contribution in [3.05, 3.63) is 18.2 Å². The molecule has 0 aromatic heterocycles. The summed E-state index contributed by atoms with van der Waals surface area (Å²) in [5.74, 6) is -0.666. The standard InChI is InChI=1S/C8H9ClN2O4S/c9-4-8(12)11-5-1-2-7(6(10)3-5)16(13,14)15/h1-3H,4,10H2,(H,11,12)(H,13,14,15). The molecule has 0 saturated carbocycles. The second kappa shape index (κ2) is 4.69. The molecular formula is C8H9ClN2O4S. The van der Waals surface area contributed by atoms with E-state index < -0.39 is 20.9 Å². The number of carbonyl (C=O) groups excluding carboxylic acids is 1. The Morgan fingerprint density at radius 2 is 2.12 bits per heavy atom. The fourth-order valence-corrected chi connectivity index (χ4v) is 1.72. The number of amides is 1. The molecule has 0 spiro atoms. The van der Waals surface area contributed by atoms with Gasteiger partial charge in [-0.05, 0) is 18.2 Å². The first-order valence-electron chi connectivity index (χ1n) is 4.07. The third-order valence-electron chi connectivity index (χ3n) is 1.69. The maximum atomic E-state index is 10.9. The van der Waals surface area contributed by atoms with Crippen LogP contribution in [-0.4, -0.2) is 24.8 Å². The molecule has 0 fully saturated rings. The van der Waals surface area contributed by atoms with Crippen molar-refractivity contribution in [1.29, 1.82) is 0 Å². The number of carbonyl (C=O) groups is 1. The second-order valence-corrected chi connectivity index (χ2v) is 4.57. The number of hydrogen-bond acceptors (Lipinski definition) is 4. The van der Waals surface area contributed by atoms with Gasteiger partial charge < -0.3 is 11.1 Å². The van der Waals surface area contributed by atoms with Crippen molar-refractivity contribution in [3.8, 4) is 0 Å². The van der Waals surface area contributed by atoms with Crippen molar-refractivity contribution >= 4 is 39.0 Å². The monoisotopic (exact) mass is 264 g/mol. The van der Waals surface area contributed by atoms with E-state index in [1.807, 2.05) is 0 Å². The van der Waals surface area contributed by atoms with Crippen molar-refractivity contribution < 1.29 is 17.8 Å². The lowest BCUT2D eigenvalue weighted by Gasteiger charge is -2.06. The summed E-state index contributed by atoms with van der Waals surface area (Å²) in [7, 11) is -4.35. The molecule has 0 radical (unpaired) electrons. The van der Waals surface area contributed by atoms with Crippen molar-refractivity contribution in [2.45, 2.75) is 4.90 Å². The van der Waals surface area contributed by atoms with Crippen LogP contribution in [0.1, 0.15) is 0 Å². The zero-order valence-electron chi connectivity index (χ0n) is 7.97. The lowest BCUT2D eigenvalue weighted by atomic mass is 10.3. The molecule has 0 heterocycles. The topological polar surface area (TPSA) is 109 Å². The molecule has 0 saturated heterocycles. The predicted octanol–water partition coefficient (Wildman–Crippen LogP) is 0.693. The van der Waals surface area contributed by atoms with Gasteiger partial charge in [0.05, 0.1) is 5.69 Å². The average Bonchev–Trinajstić information content (AvgIpc) is 2.15. The van der Waals surface area contributed by atoms with Crippen molar-refractivity contribution in [3.63, 3.8) is 0 Å². The Kier molecular flexibility index (Phi) is 3.74. The van der Waals surface area contributed by atoms with Crippen LogP contribution in [0.5, 0.6) is 0 Å². The fourth-order valence-electron chi connectivity index (χ4n) is 1.06. The number of anilines is 2. The maximum Gasteiger partial charge on any atom is 0.296 e. The van der Waals surface area contributed by atoms with E-state index in [1.165, 1.54) is 12.1 Å². The van der Waals surface area contributed by atoms with Gasteiger partial charge in [-0.2, -0.15) is 8.42 Å². The third kappa shape index (κ3) is 3.09. The van der Waals surface area contributed by atoms with Gasteiger partial charge in [-0.1, -0.05) is 0 Å². The van der Waals surface area contributed by atoms with E-state index in [-0.39, 0.29) is 11.6 Å². The molecule has 16 heavy (non-hydrogen) atoms. The smallest absolute Gasteiger partial charge is 0.296 e. The maximum absolute atomic E-state index is 10.9. The fraction of sp³-hybridized carbons (Fsp3) is 0.125. The highest BCUT2D eigenvalue weighted by atomic mass is 35.5. The van der Waals surface area contributed by atoms with Crippen molar-refractivity contribution in [1.82, 2.24) is 0 Å². The van der Waals surface area contributed by atoms with Crippen molar-refractivity contribution in [2.75, 3.05) is 16.9 Å². The highest BCUT2D eigenvalue weighted by Gasteiger charge is 2.14. The van der Waals surface area contributed by atoms with E-state index in [0.717, 1.165) is 6.07 Å². The quantitative estimate of drug-likeness (QED) is 0.423. The number of alkyl halides is 1. The van der Waals surface area contributed by atoms with Crippen LogP contribution >= 0.6 is 11.6 Å². The van der Waals surface area contributed by atoms with Gasteiger partial charge in [-0.3, -0.25) is 9.35 Å². The molecule has 1 aromatic carbocycles. The number of halogens is 1. The summed E-state index contributed by atoms with van der Waals surface area (Å²) in [6.45, 7) is 0. The molecule has 0 aliphatic rings. The van der Waals surface area contributed by atoms with Crippen molar-refractivity contribution in [2.24, 2.45) is 0 Å². The first-order chi connectivity index (χ1) is 7.34. The van der Waals surface area contributed by atoms with Crippen LogP contribution in [0.15, 0.2) is 23.1 Å². The minimum Gasteiger partial charge on any atom is -0.398 e. The van der Waals surface area contributed by atoms with Crippen LogP contribution in [0, 0.1) is 0 Å². The van der Waals surface area contributed by atoms with Crippen LogP contribution in [-0.2, 0) is 14.9 Å². The highest BCUT2D eigenvalue weighted by Crippen LogP contribution is 2.22. The summed E-state index contributed by atoms with van der Waals surface area (Å²) in [6, 6.07) is 3.60. The second-order valence-electron chi connectivity index (χ2n) is 2.91. The van der Waals surface area contributed by atoms with E-state index in [4.69, 9.17) is 21.9 Å². The van der Waals surface area contributed by atoms with Gasteiger partial charge in [-0.25, -0.2) is 0 Å². The number of benzene rings is 1. The van der Waals surface area contributed by atoms with Gasteiger partial charge in [0.1, 0.15) is 10.8 Å². The Balaban J connectivity index is 3.05. The number of hydrogen-bond donors (Lipinski definition) is 3. The predicted molar refractivity (Wildman–Crippen MR) is 60.0 cm³/mol. The summed E-state index contributed by atoms with van der Waals surface area (Å²) in [5.41, 5.74) is 5.55. The summed E-state index contributed by atoms with van der Waals surface area (Å²) in [6.07, 6.45) is 0. The largest absolute Gasteiger partial charge is 0.398 e. The van der Waals surface area contributed by atoms with E-state index in [0.29, 0.717) is 5.69 Å². The SMILES string of the molecule is Nc1cc(NC(=O)CCl)ccc1S(=O)(=O)O. The zero-order chi connectivity index (χ0) is 12.3. The van der Waals surface area contributed by atoms with Gasteiger partial charge in [-0.15, -0.1) is 11.6 Å². The molecule has 1 rings (SSSR count). The van der Waals surface area contributed by atoms with Gasteiger partial charge in [0.15, 0.2) is 0 Å². The third-order valence-corrected chi connectivity index (χ3v) is 2.86. The van der Waals surface area contributed by atoms with Gasteiger partial charge in [0.2, 0.25) is 5.91 Å². The lowest BCUT2D eigenvalue weighted by Crippen LogP contribution is -2.13. The Morgan fingerprint density at radius 3 is 2.56 bits per heavy atom. The lowest BCUT2D eigenvalue weighted by molar-refractivity contribution is -0.113. The van der Waals surface area contributed by atoms with Gasteiger partial charge >= 0.3 is 0 Å². The molecule has 0 aliphatic heterocycles. The first kappa shape index (κ1) is 12.8. The Morgan fingerprint density at radius 1 is 1.50 bits per heavy atom. The highest BCUT2D eigenvalue weighted by molar-refractivity contribution is 7.86.